The number of carbonyl (C=O) groups excluding carboxylic acids is 7. The third-order valence-corrected chi connectivity index (χ3v) is 19.7. The highest BCUT2D eigenvalue weighted by Crippen LogP contribution is 2.57. The van der Waals surface area contributed by atoms with Crippen molar-refractivity contribution in [3.05, 3.63) is 166 Å². The normalized spacial score (nSPS) is 18.3. The first-order chi connectivity index (χ1) is 50.8. The molecule has 1 saturated heterocycles. The zero-order valence-corrected chi connectivity index (χ0v) is 59.7. The molecule has 552 valence electrons. The summed E-state index contributed by atoms with van der Waals surface area (Å²) in [4.78, 5) is 101. The molecule has 26 heteroatoms. The smallest absolute Gasteiger partial charge is 0.416 e. The van der Waals surface area contributed by atoms with E-state index in [9.17, 15) is 43.8 Å². The number of methoxy groups -OCH3 is 3. The lowest BCUT2D eigenvalue weighted by Crippen LogP contribution is -2.54. The van der Waals surface area contributed by atoms with Gasteiger partial charge in [0.15, 0.2) is 35.5 Å². The van der Waals surface area contributed by atoms with Gasteiger partial charge >= 0.3 is 6.09 Å². The van der Waals surface area contributed by atoms with Crippen LogP contribution < -0.4 is 60.1 Å². The van der Waals surface area contributed by atoms with Crippen LogP contribution in [-0.4, -0.2) is 173 Å². The Morgan fingerprint density at radius 1 is 0.714 bits per heavy atom. The van der Waals surface area contributed by atoms with E-state index in [4.69, 9.17) is 37.9 Å². The van der Waals surface area contributed by atoms with Gasteiger partial charge in [0.25, 0.3) is 5.91 Å². The van der Waals surface area contributed by atoms with Gasteiger partial charge in [0.1, 0.15) is 31.0 Å². The molecule has 0 bridgehead atoms. The molecule has 7 amide bonds. The summed E-state index contributed by atoms with van der Waals surface area (Å²) in [5.41, 5.74) is 7.68. The standard InChI is InChI=1S/C79H89N9O17/c1-48(2)72(84-70(90)46-102-35-34-101-33-30-80-69(89)26-27-71(91)86-43-54-14-8-7-12-51(54)18-19-53-13-9-10-15-62(53)86)74(93)82-49(3)73(92)83-56-22-16-50(17-23-56)45-105-78(97)88-63-40-68(66(100-6)38-60(63)76(95)87-47-79(28-29-79)41-64(87)77(88)96)104-32-11-31-103-67-39-61-59(37-65(67)99-5)75(94)85-44-55(36-57(85)42-81-61)52-20-24-58(98-4)25-21-52/h7-10,12-17,20-25,37-40,44,48-49,57,64,72,75,77,81,94,96H,11,26-36,41-43,45-47H2,1-6H3,(H,80,89)(H,82,93)(H,83,92)(H,84,90)/t49-,57-,64-,72-,75?,77-/m0/s1. The maximum Gasteiger partial charge on any atom is 0.416 e. The summed E-state index contributed by atoms with van der Waals surface area (Å²) in [7, 11) is 4.62. The van der Waals surface area contributed by atoms with Crippen molar-refractivity contribution in [3.63, 3.8) is 0 Å². The SMILES string of the molecule is COc1ccc(C2=CN3C(O)c4cc(OC)c(OCCCOc5cc6c(cc5OC)C(=O)N5CC7(CC7)C[C@H]5[C@H](O)N6C(=O)OCc5ccc(NC(=O)[C@H](C)NC(=O)[C@@H](NC(=O)COCCOCCNC(=O)CCC(=O)N6Cc7ccccc7C#Cc7ccccc76)C(C)C)cc5)cc4NC[C@@H]3C2)cc1. The summed E-state index contributed by atoms with van der Waals surface area (Å²) in [6, 6.07) is 33.4. The molecule has 7 N–H and O–H groups in total. The Morgan fingerprint density at radius 2 is 1.42 bits per heavy atom. The van der Waals surface area contributed by atoms with Crippen LogP contribution in [-0.2, 0) is 51.3 Å². The van der Waals surface area contributed by atoms with E-state index in [1.165, 1.54) is 33.3 Å². The number of carbonyl (C=O) groups is 7. The van der Waals surface area contributed by atoms with Crippen molar-refractivity contribution < 1.29 is 81.7 Å². The van der Waals surface area contributed by atoms with Crippen molar-refractivity contribution in [2.45, 2.75) is 115 Å². The minimum Gasteiger partial charge on any atom is -0.497 e. The number of nitrogens with zero attached hydrogens (tertiary/aromatic N) is 4. The van der Waals surface area contributed by atoms with Gasteiger partial charge in [0, 0.05) is 85.3 Å². The summed E-state index contributed by atoms with van der Waals surface area (Å²) in [5, 5.41) is 38.4. The number of nitrogens with one attached hydrogen (secondary N) is 5. The van der Waals surface area contributed by atoms with Gasteiger partial charge in [-0.05, 0) is 121 Å². The number of hydrogen-bond acceptors (Lipinski definition) is 19. The molecule has 26 nitrogen and oxygen atoms in total. The average Bonchev–Trinajstić information content (AvgIpc) is 1.57. The van der Waals surface area contributed by atoms with Crippen LogP contribution in [0.15, 0.2) is 128 Å². The van der Waals surface area contributed by atoms with Crippen LogP contribution in [0.25, 0.3) is 5.57 Å². The topological polar surface area (TPSA) is 307 Å². The Hall–Kier alpha value is -10.9. The molecule has 5 heterocycles. The van der Waals surface area contributed by atoms with E-state index in [2.05, 4.69) is 38.4 Å². The lowest BCUT2D eigenvalue weighted by molar-refractivity contribution is -0.133. The van der Waals surface area contributed by atoms with Crippen molar-refractivity contribution >= 4 is 69.9 Å². The Balaban J connectivity index is 0.579. The Bertz CT molecular complexity index is 4300. The number of para-hydroxylation sites is 1. The second-order valence-electron chi connectivity index (χ2n) is 27.3. The number of amides is 7. The van der Waals surface area contributed by atoms with Gasteiger partial charge in [-0.1, -0.05) is 80.3 Å². The summed E-state index contributed by atoms with van der Waals surface area (Å²) in [6.45, 7) is 6.54. The van der Waals surface area contributed by atoms with Crippen molar-refractivity contribution in [2.75, 3.05) is 101 Å². The van der Waals surface area contributed by atoms with Gasteiger partial charge in [0.2, 0.25) is 29.5 Å². The summed E-state index contributed by atoms with van der Waals surface area (Å²) < 4.78 is 46.4. The van der Waals surface area contributed by atoms with Crippen molar-refractivity contribution in [2.24, 2.45) is 11.3 Å². The van der Waals surface area contributed by atoms with Crippen LogP contribution in [0.2, 0.25) is 0 Å². The summed E-state index contributed by atoms with van der Waals surface area (Å²) in [6.07, 6.45) is 2.04. The fourth-order valence-corrected chi connectivity index (χ4v) is 13.7. The molecule has 6 aliphatic rings. The monoisotopic (exact) mass is 1440 g/mol. The average molecular weight is 1440 g/mol. The number of benzene rings is 6. The Kier molecular flexibility index (Phi) is 23.4. The molecule has 12 rings (SSSR count). The van der Waals surface area contributed by atoms with E-state index < -0.39 is 54.4 Å². The highest BCUT2D eigenvalue weighted by molar-refractivity contribution is 6.06. The van der Waals surface area contributed by atoms with Crippen molar-refractivity contribution in [1.82, 2.24) is 25.8 Å². The molecule has 2 fully saturated rings. The number of rotatable bonds is 29. The third-order valence-electron chi connectivity index (χ3n) is 19.7. The van der Waals surface area contributed by atoms with Gasteiger partial charge in [0.05, 0.1) is 89.9 Å². The van der Waals surface area contributed by atoms with Gasteiger partial charge in [-0.3, -0.25) is 28.8 Å². The fraction of sp³-hybridized carbons (Fsp3) is 0.405. The van der Waals surface area contributed by atoms with E-state index >= 15 is 0 Å². The molecule has 6 aromatic carbocycles. The molecule has 0 aromatic heterocycles. The molecule has 0 radical (unpaired) electrons. The highest BCUT2D eigenvalue weighted by atomic mass is 16.6. The van der Waals surface area contributed by atoms with E-state index in [-0.39, 0.29) is 123 Å². The molecule has 1 spiro atoms. The van der Waals surface area contributed by atoms with Crippen molar-refractivity contribution in [3.8, 4) is 40.6 Å². The first-order valence-electron chi connectivity index (χ1n) is 35.4. The number of hydrogen-bond donors (Lipinski definition) is 7. The van der Waals surface area contributed by atoms with Crippen LogP contribution in [0, 0.1) is 23.2 Å². The number of ether oxygens (including phenoxy) is 8. The molecule has 5 aliphatic heterocycles. The maximum absolute atomic E-state index is 14.5. The number of fused-ring (bicyclic) bond motifs is 6. The predicted molar refractivity (Wildman–Crippen MR) is 389 cm³/mol. The second-order valence-corrected chi connectivity index (χ2v) is 27.3. The maximum atomic E-state index is 14.5. The predicted octanol–water partition coefficient (Wildman–Crippen LogP) is 8.02. The number of anilines is 4. The fourth-order valence-electron chi connectivity index (χ4n) is 13.7. The van der Waals surface area contributed by atoms with E-state index in [0.717, 1.165) is 57.7 Å². The van der Waals surface area contributed by atoms with Gasteiger partial charge in [-0.25, -0.2) is 9.69 Å². The largest absolute Gasteiger partial charge is 0.497 e. The lowest BCUT2D eigenvalue weighted by Gasteiger charge is -2.31. The number of aliphatic hydroxyl groups excluding tert-OH is 2. The lowest BCUT2D eigenvalue weighted by atomic mass is 10.0. The third kappa shape index (κ3) is 17.4. The molecular formula is C79H89N9O17. The highest BCUT2D eigenvalue weighted by Gasteiger charge is 2.58. The molecule has 1 aliphatic carbocycles. The summed E-state index contributed by atoms with van der Waals surface area (Å²) >= 11 is 0. The van der Waals surface area contributed by atoms with Crippen LogP contribution >= 0.6 is 0 Å². The number of aliphatic hydroxyl groups is 2. The van der Waals surface area contributed by atoms with Gasteiger partial charge < -0.3 is 89.4 Å². The molecule has 6 atom stereocenters. The van der Waals surface area contributed by atoms with Crippen LogP contribution in [0.5, 0.6) is 28.7 Å². The van der Waals surface area contributed by atoms with Gasteiger partial charge in [-0.15, -0.1) is 0 Å². The first-order valence-corrected chi connectivity index (χ1v) is 35.4. The van der Waals surface area contributed by atoms with Crippen molar-refractivity contribution in [1.29, 1.82) is 0 Å². The summed E-state index contributed by atoms with van der Waals surface area (Å²) in [5.74, 6) is 5.56. The first kappa shape index (κ1) is 73.9. The zero-order chi connectivity index (χ0) is 73.9. The van der Waals surface area contributed by atoms with Crippen LogP contribution in [0.1, 0.15) is 116 Å². The van der Waals surface area contributed by atoms with E-state index in [1.54, 1.807) is 61.1 Å². The molecule has 6 aromatic rings. The Labute approximate surface area is 609 Å². The van der Waals surface area contributed by atoms with Gasteiger partial charge in [-0.2, -0.15) is 0 Å². The Morgan fingerprint density at radius 3 is 2.15 bits per heavy atom. The minimum atomic E-state index is -1.48. The zero-order valence-electron chi connectivity index (χ0n) is 59.7. The molecule has 1 saturated carbocycles. The quantitative estimate of drug-likeness (QED) is 0.0173. The minimum absolute atomic E-state index is 0.00297. The van der Waals surface area contributed by atoms with Crippen LogP contribution in [0.4, 0.5) is 27.5 Å². The molecular weight excluding hydrogens is 1350 g/mol. The second kappa shape index (κ2) is 33.3. The van der Waals surface area contributed by atoms with Crippen LogP contribution in [0.3, 0.4) is 0 Å². The molecule has 1 unspecified atom stereocenters. The molecule has 105 heavy (non-hydrogen) atoms. The van der Waals surface area contributed by atoms with E-state index in [0.29, 0.717) is 72.2 Å². The van der Waals surface area contributed by atoms with E-state index in [1.807, 2.05) is 90.0 Å².